The molecular formula is C21H31N3O4. The molecule has 7 heteroatoms. The number of anilines is 1. The second-order valence-electron chi connectivity index (χ2n) is 7.80. The molecule has 0 unspecified atom stereocenters. The van der Waals surface area contributed by atoms with Crippen LogP contribution in [0.25, 0.3) is 0 Å². The monoisotopic (exact) mass is 389 g/mol. The molecule has 2 fully saturated rings. The molecule has 2 amide bonds. The predicted molar refractivity (Wildman–Crippen MR) is 107 cm³/mol. The first kappa shape index (κ1) is 20.8. The van der Waals surface area contributed by atoms with Crippen molar-refractivity contribution in [3.05, 3.63) is 29.8 Å². The van der Waals surface area contributed by atoms with Crippen molar-refractivity contribution in [2.24, 2.45) is 0 Å². The summed E-state index contributed by atoms with van der Waals surface area (Å²) in [6, 6.07) is 7.98. The number of ether oxygens (including phenoxy) is 2. The molecule has 0 radical (unpaired) electrons. The van der Waals surface area contributed by atoms with Gasteiger partial charge in [-0.05, 0) is 30.5 Å². The smallest absolute Gasteiger partial charge is 0.246 e. The standard InChI is InChI=1S/C21H31N3O4/c1-16(25)22-18-8-6-17(7-9-18)13-24-11-12-28-21(15-24)10-4-3-5-19(21)23-20(26)14-27-2/h6-9,19H,3-5,10-15H2,1-2H3,(H,22,25)(H,23,26)/t19-,21+/m1/s1. The fourth-order valence-corrected chi connectivity index (χ4v) is 4.31. The lowest BCUT2D eigenvalue weighted by Gasteiger charge is -2.49. The highest BCUT2D eigenvalue weighted by Crippen LogP contribution is 2.35. The number of benzene rings is 1. The Morgan fingerprint density at radius 1 is 1.29 bits per heavy atom. The van der Waals surface area contributed by atoms with Crippen molar-refractivity contribution >= 4 is 17.5 Å². The van der Waals surface area contributed by atoms with E-state index in [0.717, 1.165) is 51.0 Å². The summed E-state index contributed by atoms with van der Waals surface area (Å²) in [7, 11) is 1.53. The Morgan fingerprint density at radius 2 is 2.07 bits per heavy atom. The number of methoxy groups -OCH3 is 1. The van der Waals surface area contributed by atoms with Crippen LogP contribution < -0.4 is 10.6 Å². The fourth-order valence-electron chi connectivity index (χ4n) is 4.31. The Bertz CT molecular complexity index is 675. The third-order valence-corrected chi connectivity index (χ3v) is 5.56. The molecule has 154 valence electrons. The van der Waals surface area contributed by atoms with E-state index in [4.69, 9.17) is 9.47 Å². The molecule has 1 aromatic carbocycles. The van der Waals surface area contributed by atoms with Crippen LogP contribution in [-0.4, -0.2) is 61.8 Å². The third-order valence-electron chi connectivity index (χ3n) is 5.56. The van der Waals surface area contributed by atoms with Gasteiger partial charge in [0.1, 0.15) is 12.2 Å². The van der Waals surface area contributed by atoms with Gasteiger partial charge in [-0.2, -0.15) is 0 Å². The van der Waals surface area contributed by atoms with Crippen molar-refractivity contribution < 1.29 is 19.1 Å². The summed E-state index contributed by atoms with van der Waals surface area (Å²) in [4.78, 5) is 25.6. The molecule has 0 bridgehead atoms. The summed E-state index contributed by atoms with van der Waals surface area (Å²) in [6.07, 6.45) is 4.13. The van der Waals surface area contributed by atoms with Crippen LogP contribution in [0.4, 0.5) is 5.69 Å². The molecule has 2 aliphatic rings. The number of carbonyl (C=O) groups excluding carboxylic acids is 2. The van der Waals surface area contributed by atoms with E-state index >= 15 is 0 Å². The number of morpholine rings is 1. The molecular weight excluding hydrogens is 358 g/mol. The van der Waals surface area contributed by atoms with Gasteiger partial charge in [0.05, 0.1) is 12.6 Å². The van der Waals surface area contributed by atoms with Gasteiger partial charge in [-0.15, -0.1) is 0 Å². The van der Waals surface area contributed by atoms with Crippen LogP contribution >= 0.6 is 0 Å². The van der Waals surface area contributed by atoms with Crippen molar-refractivity contribution in [3.63, 3.8) is 0 Å². The molecule has 7 nitrogen and oxygen atoms in total. The Kier molecular flexibility index (Phi) is 7.04. The van der Waals surface area contributed by atoms with E-state index in [9.17, 15) is 9.59 Å². The van der Waals surface area contributed by atoms with Gasteiger partial charge in [0, 0.05) is 39.4 Å². The molecule has 2 N–H and O–H groups in total. The lowest BCUT2D eigenvalue weighted by Crippen LogP contribution is -2.64. The van der Waals surface area contributed by atoms with Gasteiger partial charge in [-0.1, -0.05) is 25.0 Å². The summed E-state index contributed by atoms with van der Waals surface area (Å²) in [6.45, 7) is 4.75. The van der Waals surface area contributed by atoms with Crippen LogP contribution in [0.2, 0.25) is 0 Å². The minimum absolute atomic E-state index is 0.0221. The van der Waals surface area contributed by atoms with Crippen LogP contribution in [0, 0.1) is 0 Å². The second-order valence-corrected chi connectivity index (χ2v) is 7.80. The largest absolute Gasteiger partial charge is 0.375 e. The summed E-state index contributed by atoms with van der Waals surface area (Å²) < 4.78 is 11.2. The van der Waals surface area contributed by atoms with E-state index in [1.165, 1.54) is 19.6 Å². The van der Waals surface area contributed by atoms with E-state index in [-0.39, 0.29) is 30.1 Å². The third kappa shape index (κ3) is 5.31. The number of hydrogen-bond acceptors (Lipinski definition) is 5. The van der Waals surface area contributed by atoms with Crippen molar-refractivity contribution in [3.8, 4) is 0 Å². The van der Waals surface area contributed by atoms with Crippen molar-refractivity contribution in [2.45, 2.75) is 50.8 Å². The Labute approximate surface area is 166 Å². The Hall–Kier alpha value is -1.96. The molecule has 1 spiro atoms. The van der Waals surface area contributed by atoms with E-state index in [2.05, 4.69) is 15.5 Å². The van der Waals surface area contributed by atoms with Gasteiger partial charge in [-0.3, -0.25) is 14.5 Å². The van der Waals surface area contributed by atoms with Crippen LogP contribution in [0.5, 0.6) is 0 Å². The lowest BCUT2D eigenvalue weighted by atomic mass is 9.78. The number of nitrogens with one attached hydrogen (secondary N) is 2. The van der Waals surface area contributed by atoms with Crippen molar-refractivity contribution in [1.29, 1.82) is 0 Å². The molecule has 28 heavy (non-hydrogen) atoms. The quantitative estimate of drug-likeness (QED) is 0.777. The topological polar surface area (TPSA) is 79.9 Å². The second kappa shape index (κ2) is 9.49. The van der Waals surface area contributed by atoms with Gasteiger partial charge in [0.25, 0.3) is 0 Å². The van der Waals surface area contributed by atoms with Crippen LogP contribution in [0.15, 0.2) is 24.3 Å². The average molecular weight is 389 g/mol. The zero-order valence-electron chi connectivity index (χ0n) is 16.8. The number of nitrogens with zero attached hydrogens (tertiary/aromatic N) is 1. The maximum atomic E-state index is 12.1. The maximum absolute atomic E-state index is 12.1. The highest BCUT2D eigenvalue weighted by Gasteiger charge is 2.45. The number of rotatable bonds is 6. The van der Waals surface area contributed by atoms with E-state index in [0.29, 0.717) is 6.61 Å². The Morgan fingerprint density at radius 3 is 2.79 bits per heavy atom. The Balaban J connectivity index is 1.64. The molecule has 1 aliphatic heterocycles. The number of hydrogen-bond donors (Lipinski definition) is 2. The molecule has 1 heterocycles. The minimum Gasteiger partial charge on any atom is -0.375 e. The summed E-state index contributed by atoms with van der Waals surface area (Å²) in [5.74, 6) is -0.148. The predicted octanol–water partition coefficient (Wildman–Crippen LogP) is 1.92. The summed E-state index contributed by atoms with van der Waals surface area (Å²) in [5.41, 5.74) is 1.68. The number of carbonyl (C=O) groups is 2. The molecule has 1 aromatic rings. The SMILES string of the molecule is COCC(=O)N[C@@H]1CCCC[C@]12CN(Cc1ccc(NC(C)=O)cc1)CCO2. The summed E-state index contributed by atoms with van der Waals surface area (Å²) >= 11 is 0. The molecule has 2 atom stereocenters. The van der Waals surface area contributed by atoms with Crippen molar-refractivity contribution in [1.82, 2.24) is 10.2 Å². The van der Waals surface area contributed by atoms with Gasteiger partial charge in [0.15, 0.2) is 0 Å². The molecule has 1 aliphatic carbocycles. The van der Waals surface area contributed by atoms with Gasteiger partial charge in [-0.25, -0.2) is 0 Å². The maximum Gasteiger partial charge on any atom is 0.246 e. The first-order valence-corrected chi connectivity index (χ1v) is 10.0. The van der Waals surface area contributed by atoms with Gasteiger partial charge >= 0.3 is 0 Å². The first-order valence-electron chi connectivity index (χ1n) is 10.0. The van der Waals surface area contributed by atoms with Crippen LogP contribution in [0.3, 0.4) is 0 Å². The van der Waals surface area contributed by atoms with Crippen LogP contribution in [0.1, 0.15) is 38.2 Å². The molecule has 0 aromatic heterocycles. The minimum atomic E-state index is -0.323. The van der Waals surface area contributed by atoms with E-state index in [1.807, 2.05) is 24.3 Å². The van der Waals surface area contributed by atoms with Gasteiger partial charge < -0.3 is 20.1 Å². The lowest BCUT2D eigenvalue weighted by molar-refractivity contribution is -0.152. The highest BCUT2D eigenvalue weighted by molar-refractivity contribution is 5.88. The van der Waals surface area contributed by atoms with Gasteiger partial charge in [0.2, 0.25) is 11.8 Å². The summed E-state index contributed by atoms with van der Waals surface area (Å²) in [5, 5.41) is 5.93. The molecule has 3 rings (SSSR count). The van der Waals surface area contributed by atoms with Crippen LogP contribution in [-0.2, 0) is 25.6 Å². The molecule has 1 saturated carbocycles. The zero-order valence-corrected chi connectivity index (χ0v) is 16.8. The van der Waals surface area contributed by atoms with E-state index < -0.39 is 0 Å². The normalized spacial score (nSPS) is 25.4. The molecule has 1 saturated heterocycles. The first-order chi connectivity index (χ1) is 13.5. The van der Waals surface area contributed by atoms with E-state index in [1.54, 1.807) is 0 Å². The zero-order chi connectivity index (χ0) is 20.0. The fraction of sp³-hybridized carbons (Fsp3) is 0.619. The average Bonchev–Trinajstić information content (AvgIpc) is 2.65. The number of amides is 2. The van der Waals surface area contributed by atoms with Crippen molar-refractivity contribution in [2.75, 3.05) is 38.7 Å². The highest BCUT2D eigenvalue weighted by atomic mass is 16.5.